The second-order valence-electron chi connectivity index (χ2n) is 11.5. The average molecular weight is 577 g/mol. The van der Waals surface area contributed by atoms with E-state index in [2.05, 4.69) is 192 Å². The molecule has 2 nitrogen and oxygen atoms in total. The van der Waals surface area contributed by atoms with Crippen molar-refractivity contribution in [3.05, 3.63) is 193 Å². The second-order valence-corrected chi connectivity index (χ2v) is 11.5. The van der Waals surface area contributed by atoms with Crippen LogP contribution in [0.1, 0.15) is 11.1 Å². The smallest absolute Gasteiger partial charge is 0.0497 e. The molecule has 7 aromatic rings. The molecule has 0 saturated heterocycles. The van der Waals surface area contributed by atoms with Crippen LogP contribution < -0.4 is 9.80 Å². The van der Waals surface area contributed by atoms with E-state index in [9.17, 15) is 0 Å². The Balaban J connectivity index is 1.14. The topological polar surface area (TPSA) is 6.48 Å². The Morgan fingerprint density at radius 1 is 0.356 bits per heavy atom. The minimum atomic E-state index is 0.909. The fourth-order valence-electron chi connectivity index (χ4n) is 6.45. The van der Waals surface area contributed by atoms with Gasteiger partial charge in [-0.25, -0.2) is 0 Å². The number of para-hydroxylation sites is 3. The molecule has 2 heteroatoms. The maximum absolute atomic E-state index is 2.41. The van der Waals surface area contributed by atoms with E-state index < -0.39 is 0 Å². The molecule has 8 rings (SSSR count). The van der Waals surface area contributed by atoms with E-state index in [1.54, 1.807) is 0 Å². The lowest BCUT2D eigenvalue weighted by atomic mass is 9.92. The first kappa shape index (κ1) is 26.7. The molecule has 0 N–H and O–H groups in total. The van der Waals surface area contributed by atoms with Crippen molar-refractivity contribution in [1.29, 1.82) is 0 Å². The third-order valence-corrected chi connectivity index (χ3v) is 8.65. The molecule has 7 aromatic carbocycles. The van der Waals surface area contributed by atoms with E-state index in [0.717, 1.165) is 23.5 Å². The molecule has 1 aliphatic rings. The number of fused-ring (bicyclic) bond motifs is 2. The Hall–Kier alpha value is -5.86. The molecule has 0 aromatic heterocycles. The first-order valence-electron chi connectivity index (χ1n) is 15.5. The molecule has 214 valence electrons. The largest absolute Gasteiger partial charge is 0.311 e. The highest BCUT2D eigenvalue weighted by molar-refractivity contribution is 5.86. The van der Waals surface area contributed by atoms with Crippen LogP contribution in [0.3, 0.4) is 0 Å². The van der Waals surface area contributed by atoms with Gasteiger partial charge in [-0.15, -0.1) is 0 Å². The number of hydrogen-bond acceptors (Lipinski definition) is 2. The zero-order valence-electron chi connectivity index (χ0n) is 24.9. The number of rotatable bonds is 6. The molecule has 0 bridgehead atoms. The van der Waals surface area contributed by atoms with Crippen molar-refractivity contribution in [2.45, 2.75) is 6.42 Å². The summed E-state index contributed by atoms with van der Waals surface area (Å²) < 4.78 is 0. The zero-order valence-corrected chi connectivity index (χ0v) is 24.9. The fraction of sp³-hybridized carbons (Fsp3) is 0.0233. The molecular weight excluding hydrogens is 544 g/mol. The molecule has 0 spiro atoms. The summed E-state index contributed by atoms with van der Waals surface area (Å²) in [6.07, 6.45) is 0.909. The van der Waals surface area contributed by atoms with E-state index in [0.29, 0.717) is 0 Å². The van der Waals surface area contributed by atoms with Gasteiger partial charge in [-0.05, 0) is 100 Å². The normalized spacial score (nSPS) is 11.9. The van der Waals surface area contributed by atoms with Crippen molar-refractivity contribution in [3.8, 4) is 22.3 Å². The Morgan fingerprint density at radius 3 is 1.49 bits per heavy atom. The van der Waals surface area contributed by atoms with Crippen molar-refractivity contribution in [3.63, 3.8) is 0 Å². The maximum atomic E-state index is 2.41. The lowest BCUT2D eigenvalue weighted by Crippen LogP contribution is -2.18. The first-order chi connectivity index (χ1) is 22.3. The second kappa shape index (κ2) is 11.7. The zero-order chi connectivity index (χ0) is 30.0. The molecule has 0 fully saturated rings. The standard InChI is InChI=1S/C43H32N2/c1-4-12-32(13-5-1)33-20-27-41(28-21-33)45-42-19-11-10-14-36(42)31-37-30-35(24-29-43(37)45)34-22-25-40(26-23-34)44(38-15-6-2-7-16-38)39-17-8-3-9-18-39/h1-30H,31H2. The summed E-state index contributed by atoms with van der Waals surface area (Å²) in [5.41, 5.74) is 14.6. The molecule has 1 heterocycles. The van der Waals surface area contributed by atoms with Crippen molar-refractivity contribution in [2.75, 3.05) is 9.80 Å². The van der Waals surface area contributed by atoms with E-state index in [-0.39, 0.29) is 0 Å². The highest BCUT2D eigenvalue weighted by Crippen LogP contribution is 2.45. The maximum Gasteiger partial charge on any atom is 0.0497 e. The van der Waals surface area contributed by atoms with Crippen molar-refractivity contribution in [1.82, 2.24) is 0 Å². The van der Waals surface area contributed by atoms with E-state index in [1.165, 1.54) is 50.4 Å². The Labute approximate surface area is 265 Å². The van der Waals surface area contributed by atoms with Gasteiger partial charge >= 0.3 is 0 Å². The molecule has 0 saturated carbocycles. The van der Waals surface area contributed by atoms with Crippen LogP contribution in [0.25, 0.3) is 22.3 Å². The van der Waals surface area contributed by atoms with Gasteiger partial charge in [-0.2, -0.15) is 0 Å². The van der Waals surface area contributed by atoms with Crippen LogP contribution in [0.2, 0.25) is 0 Å². The summed E-state index contributed by atoms with van der Waals surface area (Å²) in [4.78, 5) is 4.71. The van der Waals surface area contributed by atoms with Gasteiger partial charge in [-0.1, -0.05) is 115 Å². The third kappa shape index (κ3) is 5.17. The van der Waals surface area contributed by atoms with Crippen LogP contribution in [0.4, 0.5) is 34.1 Å². The molecule has 0 radical (unpaired) electrons. The monoisotopic (exact) mass is 576 g/mol. The van der Waals surface area contributed by atoms with Gasteiger partial charge in [0.05, 0.1) is 0 Å². The average Bonchev–Trinajstić information content (AvgIpc) is 3.12. The fourth-order valence-corrected chi connectivity index (χ4v) is 6.45. The van der Waals surface area contributed by atoms with Crippen molar-refractivity contribution >= 4 is 34.1 Å². The van der Waals surface area contributed by atoms with Crippen molar-refractivity contribution in [2.24, 2.45) is 0 Å². The van der Waals surface area contributed by atoms with E-state index in [4.69, 9.17) is 0 Å². The number of nitrogens with zero attached hydrogens (tertiary/aromatic N) is 2. The minimum Gasteiger partial charge on any atom is -0.311 e. The Kier molecular flexibility index (Phi) is 6.94. The van der Waals surface area contributed by atoms with Gasteiger partial charge in [0.15, 0.2) is 0 Å². The lowest BCUT2D eigenvalue weighted by Gasteiger charge is -2.34. The lowest BCUT2D eigenvalue weighted by molar-refractivity contribution is 1.09. The molecule has 0 amide bonds. The molecule has 45 heavy (non-hydrogen) atoms. The molecular formula is C43H32N2. The minimum absolute atomic E-state index is 0.909. The molecule has 0 atom stereocenters. The predicted molar refractivity (Wildman–Crippen MR) is 189 cm³/mol. The molecule has 0 aliphatic carbocycles. The van der Waals surface area contributed by atoms with E-state index in [1.807, 2.05) is 0 Å². The van der Waals surface area contributed by atoms with Crippen LogP contribution in [-0.2, 0) is 6.42 Å². The quantitative estimate of drug-likeness (QED) is 0.194. The summed E-state index contributed by atoms with van der Waals surface area (Å²) in [6.45, 7) is 0. The van der Waals surface area contributed by atoms with Crippen molar-refractivity contribution < 1.29 is 0 Å². The highest BCUT2D eigenvalue weighted by atomic mass is 15.2. The van der Waals surface area contributed by atoms with Gasteiger partial charge in [0.1, 0.15) is 0 Å². The highest BCUT2D eigenvalue weighted by Gasteiger charge is 2.24. The van der Waals surface area contributed by atoms with Crippen LogP contribution in [0.5, 0.6) is 0 Å². The van der Waals surface area contributed by atoms with Crippen LogP contribution in [0, 0.1) is 0 Å². The predicted octanol–water partition coefficient (Wildman–Crippen LogP) is 11.9. The van der Waals surface area contributed by atoms with Crippen LogP contribution >= 0.6 is 0 Å². The third-order valence-electron chi connectivity index (χ3n) is 8.65. The van der Waals surface area contributed by atoms with Gasteiger partial charge in [-0.3, -0.25) is 0 Å². The summed E-state index contributed by atoms with van der Waals surface area (Å²) in [7, 11) is 0. The summed E-state index contributed by atoms with van der Waals surface area (Å²) >= 11 is 0. The summed E-state index contributed by atoms with van der Waals surface area (Å²) in [6, 6.07) is 65.3. The number of benzene rings is 7. The van der Waals surface area contributed by atoms with Gasteiger partial charge in [0.25, 0.3) is 0 Å². The summed E-state index contributed by atoms with van der Waals surface area (Å²) in [5.74, 6) is 0. The number of anilines is 6. The van der Waals surface area contributed by atoms with Gasteiger partial charge in [0.2, 0.25) is 0 Å². The van der Waals surface area contributed by atoms with Crippen LogP contribution in [0.15, 0.2) is 182 Å². The Bertz CT molecular complexity index is 2010. The Morgan fingerprint density at radius 2 is 0.822 bits per heavy atom. The first-order valence-corrected chi connectivity index (χ1v) is 15.5. The molecule has 0 unspecified atom stereocenters. The molecule has 1 aliphatic heterocycles. The van der Waals surface area contributed by atoms with Crippen LogP contribution in [-0.4, -0.2) is 0 Å². The van der Waals surface area contributed by atoms with Gasteiger partial charge in [0, 0.05) is 40.5 Å². The van der Waals surface area contributed by atoms with E-state index >= 15 is 0 Å². The summed E-state index contributed by atoms with van der Waals surface area (Å²) in [5, 5.41) is 0. The van der Waals surface area contributed by atoms with Gasteiger partial charge < -0.3 is 9.80 Å². The number of hydrogen-bond donors (Lipinski definition) is 0. The SMILES string of the molecule is c1ccc(-c2ccc(N3c4ccccc4Cc4cc(-c5ccc(N(c6ccccc6)c6ccccc6)cc5)ccc43)cc2)cc1.